The Kier molecular flexibility index (Phi) is 3.52. The van der Waals surface area contributed by atoms with Crippen molar-refractivity contribution in [2.24, 2.45) is 7.05 Å². The summed E-state index contributed by atoms with van der Waals surface area (Å²) < 4.78 is 15.3. The molecule has 0 aliphatic rings. The molecule has 2 aromatic rings. The van der Waals surface area contributed by atoms with Gasteiger partial charge in [0.2, 0.25) is 5.91 Å². The van der Waals surface area contributed by atoms with E-state index < -0.39 is 5.82 Å². The minimum Gasteiger partial charge on any atom is -0.323 e. The number of carbonyl (C=O) groups is 1. The van der Waals surface area contributed by atoms with Crippen molar-refractivity contribution in [3.05, 3.63) is 40.7 Å². The van der Waals surface area contributed by atoms with E-state index in [2.05, 4.69) is 15.5 Å². The van der Waals surface area contributed by atoms with Gasteiger partial charge in [0.05, 0.1) is 12.1 Å². The monoisotopic (exact) mass is 266 g/mol. The Balaban J connectivity index is 2.08. The number of carbonyl (C=O) groups excluding carboxylic acids is 1. The Labute approximate surface area is 108 Å². The molecule has 1 heterocycles. The molecule has 0 spiro atoms. The molecule has 7 heteroatoms. The highest BCUT2D eigenvalue weighted by Gasteiger charge is 2.10. The molecule has 0 atom stereocenters. The van der Waals surface area contributed by atoms with Gasteiger partial charge in [-0.15, -0.1) is 0 Å². The summed E-state index contributed by atoms with van der Waals surface area (Å²) in [6, 6.07) is 5.98. The van der Waals surface area contributed by atoms with Gasteiger partial charge in [0.25, 0.3) is 0 Å². The number of nitrogens with one attached hydrogen (secondary N) is 2. The Hall–Kier alpha value is -2.02. The first-order valence-electron chi connectivity index (χ1n) is 5.22. The van der Waals surface area contributed by atoms with E-state index in [1.54, 1.807) is 23.7 Å². The van der Waals surface area contributed by atoms with Crippen LogP contribution in [0.4, 0.5) is 10.1 Å². The van der Waals surface area contributed by atoms with Gasteiger partial charge in [-0.2, -0.15) is 5.10 Å². The number of anilines is 1. The first-order valence-corrected chi connectivity index (χ1v) is 5.63. The number of nitrogens with zero attached hydrogens (tertiary/aromatic N) is 2. The lowest BCUT2D eigenvalue weighted by Crippen LogP contribution is -2.17. The first kappa shape index (κ1) is 12.4. The van der Waals surface area contributed by atoms with Crippen molar-refractivity contribution in [3.8, 4) is 0 Å². The number of hydrogen-bond donors (Lipinski definition) is 2. The third kappa shape index (κ3) is 2.62. The Morgan fingerprint density at radius 2 is 2.28 bits per heavy atom. The first-order chi connectivity index (χ1) is 8.58. The largest absolute Gasteiger partial charge is 0.323 e. The van der Waals surface area contributed by atoms with E-state index in [4.69, 9.17) is 12.2 Å². The zero-order valence-electron chi connectivity index (χ0n) is 9.61. The van der Waals surface area contributed by atoms with E-state index >= 15 is 0 Å². The van der Waals surface area contributed by atoms with Crippen molar-refractivity contribution in [2.75, 3.05) is 5.32 Å². The molecule has 2 rings (SSSR count). The number of amides is 1. The van der Waals surface area contributed by atoms with Gasteiger partial charge in [0.1, 0.15) is 11.6 Å². The van der Waals surface area contributed by atoms with Crippen LogP contribution in [-0.4, -0.2) is 20.7 Å². The zero-order valence-corrected chi connectivity index (χ0v) is 10.4. The molecule has 0 saturated carbocycles. The second-order valence-electron chi connectivity index (χ2n) is 3.71. The summed E-state index contributed by atoms with van der Waals surface area (Å²) in [4.78, 5) is 11.7. The third-order valence-electron chi connectivity index (χ3n) is 2.44. The molecule has 0 radical (unpaired) electrons. The van der Waals surface area contributed by atoms with E-state index in [0.717, 1.165) is 0 Å². The van der Waals surface area contributed by atoms with Crippen LogP contribution in [0, 0.1) is 10.6 Å². The molecule has 0 aliphatic carbocycles. The summed E-state index contributed by atoms with van der Waals surface area (Å²) in [6.07, 6.45) is 0.0258. The predicted molar refractivity (Wildman–Crippen MR) is 67.1 cm³/mol. The van der Waals surface area contributed by atoms with E-state index in [1.807, 2.05) is 0 Å². The number of H-pyrrole nitrogens is 1. The topological polar surface area (TPSA) is 62.7 Å². The molecule has 5 nitrogen and oxygen atoms in total. The van der Waals surface area contributed by atoms with Crippen molar-refractivity contribution < 1.29 is 9.18 Å². The molecular formula is C11H11FN4OS. The average molecular weight is 266 g/mol. The van der Waals surface area contributed by atoms with Gasteiger partial charge in [0, 0.05) is 7.05 Å². The van der Waals surface area contributed by atoms with E-state index in [0.29, 0.717) is 10.6 Å². The van der Waals surface area contributed by atoms with Crippen molar-refractivity contribution in [2.45, 2.75) is 6.42 Å². The van der Waals surface area contributed by atoms with Crippen LogP contribution < -0.4 is 5.32 Å². The van der Waals surface area contributed by atoms with Gasteiger partial charge in [-0.1, -0.05) is 12.1 Å². The van der Waals surface area contributed by atoms with Gasteiger partial charge in [-0.05, 0) is 24.4 Å². The van der Waals surface area contributed by atoms with E-state index in [9.17, 15) is 9.18 Å². The van der Waals surface area contributed by atoms with Crippen LogP contribution in [0.5, 0.6) is 0 Å². The Morgan fingerprint density at radius 3 is 2.89 bits per heavy atom. The summed E-state index contributed by atoms with van der Waals surface area (Å²) in [5.74, 6) is -0.327. The Morgan fingerprint density at radius 1 is 1.56 bits per heavy atom. The number of hydrogen-bond acceptors (Lipinski definition) is 3. The molecule has 2 N–H and O–H groups in total. The average Bonchev–Trinajstić information content (AvgIpc) is 2.64. The van der Waals surface area contributed by atoms with Gasteiger partial charge >= 0.3 is 0 Å². The number of rotatable bonds is 3. The van der Waals surface area contributed by atoms with E-state index in [-0.39, 0.29) is 18.0 Å². The highest BCUT2D eigenvalue weighted by Crippen LogP contribution is 2.12. The molecule has 0 unspecified atom stereocenters. The highest BCUT2D eigenvalue weighted by molar-refractivity contribution is 7.71. The van der Waals surface area contributed by atoms with Gasteiger partial charge < -0.3 is 9.88 Å². The fourth-order valence-electron chi connectivity index (χ4n) is 1.44. The minimum absolute atomic E-state index is 0.0258. The summed E-state index contributed by atoms with van der Waals surface area (Å²) in [7, 11) is 1.71. The molecule has 1 aromatic heterocycles. The highest BCUT2D eigenvalue weighted by atomic mass is 32.1. The van der Waals surface area contributed by atoms with Gasteiger partial charge in [-0.3, -0.25) is 9.89 Å². The molecule has 0 fully saturated rings. The standard InChI is InChI=1S/C11H11FN4OS/c1-16-9(14-15-11(16)18)6-10(17)13-8-5-3-2-4-7(8)12/h2-5H,6H2,1H3,(H,13,17)(H,15,18). The van der Waals surface area contributed by atoms with Crippen molar-refractivity contribution in [1.29, 1.82) is 0 Å². The maximum atomic E-state index is 13.3. The van der Waals surface area contributed by atoms with E-state index in [1.165, 1.54) is 12.1 Å². The zero-order chi connectivity index (χ0) is 13.1. The van der Waals surface area contributed by atoms with Crippen LogP contribution in [0.2, 0.25) is 0 Å². The second-order valence-corrected chi connectivity index (χ2v) is 4.10. The number of benzene rings is 1. The molecule has 0 aliphatic heterocycles. The van der Waals surface area contributed by atoms with Crippen molar-refractivity contribution in [3.63, 3.8) is 0 Å². The number of halogens is 1. The molecule has 1 amide bonds. The van der Waals surface area contributed by atoms with Crippen LogP contribution in [0.3, 0.4) is 0 Å². The van der Waals surface area contributed by atoms with Crippen LogP contribution in [0.1, 0.15) is 5.82 Å². The summed E-state index contributed by atoms with van der Waals surface area (Å²) in [5, 5.41) is 8.97. The van der Waals surface area contributed by atoms with Gasteiger partial charge in [0.15, 0.2) is 4.77 Å². The quantitative estimate of drug-likeness (QED) is 0.833. The second kappa shape index (κ2) is 5.09. The fraction of sp³-hybridized carbons (Fsp3) is 0.182. The fourth-order valence-corrected chi connectivity index (χ4v) is 1.59. The predicted octanol–water partition coefficient (Wildman–Crippen LogP) is 1.80. The number of aromatic amines is 1. The summed E-state index contributed by atoms with van der Waals surface area (Å²) >= 11 is 4.93. The Bertz CT molecular complexity index is 634. The molecular weight excluding hydrogens is 255 g/mol. The van der Waals surface area contributed by atoms with Crippen LogP contribution in [-0.2, 0) is 18.3 Å². The lowest BCUT2D eigenvalue weighted by Gasteiger charge is -2.05. The van der Waals surface area contributed by atoms with Crippen LogP contribution in [0.15, 0.2) is 24.3 Å². The lowest BCUT2D eigenvalue weighted by atomic mass is 10.3. The molecule has 0 bridgehead atoms. The maximum Gasteiger partial charge on any atom is 0.232 e. The molecule has 18 heavy (non-hydrogen) atoms. The van der Waals surface area contributed by atoms with Crippen molar-refractivity contribution >= 4 is 23.8 Å². The smallest absolute Gasteiger partial charge is 0.232 e. The van der Waals surface area contributed by atoms with Crippen LogP contribution in [0.25, 0.3) is 0 Å². The summed E-state index contributed by atoms with van der Waals surface area (Å²) in [5.41, 5.74) is 0.152. The lowest BCUT2D eigenvalue weighted by molar-refractivity contribution is -0.115. The maximum absolute atomic E-state index is 13.3. The van der Waals surface area contributed by atoms with Crippen LogP contribution >= 0.6 is 12.2 Å². The number of aromatic nitrogens is 3. The molecule has 94 valence electrons. The molecule has 1 aromatic carbocycles. The SMILES string of the molecule is Cn1c(CC(=O)Nc2ccccc2F)n[nH]c1=S. The molecule has 0 saturated heterocycles. The third-order valence-corrected chi connectivity index (χ3v) is 2.80. The summed E-state index contributed by atoms with van der Waals surface area (Å²) in [6.45, 7) is 0. The van der Waals surface area contributed by atoms with Gasteiger partial charge in [-0.25, -0.2) is 4.39 Å². The normalized spacial score (nSPS) is 10.3. The minimum atomic E-state index is -0.471. The van der Waals surface area contributed by atoms with Crippen molar-refractivity contribution in [1.82, 2.24) is 14.8 Å². The number of para-hydroxylation sites is 1.